The van der Waals surface area contributed by atoms with Gasteiger partial charge in [-0.15, -0.1) is 0 Å². The highest BCUT2D eigenvalue weighted by Crippen LogP contribution is 2.32. The lowest BCUT2D eigenvalue weighted by Gasteiger charge is -2.24. The molecule has 102 valence electrons. The largest absolute Gasteiger partial charge is 0.330 e. The van der Waals surface area contributed by atoms with Gasteiger partial charge in [-0.2, -0.15) is 0 Å². The SMILES string of the molecule is O=C(c1cccc(=O)[nH]1)N1CCCC1c1cccnc1. The summed E-state index contributed by atoms with van der Waals surface area (Å²) in [6.07, 6.45) is 5.40. The minimum absolute atomic E-state index is 0.0416. The zero-order chi connectivity index (χ0) is 13.9. The van der Waals surface area contributed by atoms with Crippen molar-refractivity contribution in [1.82, 2.24) is 14.9 Å². The summed E-state index contributed by atoms with van der Waals surface area (Å²) in [5, 5.41) is 0. The van der Waals surface area contributed by atoms with E-state index in [4.69, 9.17) is 0 Å². The number of likely N-dealkylation sites (tertiary alicyclic amines) is 1. The number of hydrogen-bond acceptors (Lipinski definition) is 3. The van der Waals surface area contributed by atoms with Crippen LogP contribution in [0.4, 0.5) is 0 Å². The molecule has 1 aliphatic rings. The van der Waals surface area contributed by atoms with Gasteiger partial charge in [0.1, 0.15) is 5.69 Å². The molecule has 0 radical (unpaired) electrons. The van der Waals surface area contributed by atoms with E-state index < -0.39 is 0 Å². The second-order valence-electron chi connectivity index (χ2n) is 4.87. The smallest absolute Gasteiger partial charge is 0.270 e. The fourth-order valence-electron chi connectivity index (χ4n) is 2.66. The lowest BCUT2D eigenvalue weighted by molar-refractivity contribution is 0.0729. The minimum Gasteiger partial charge on any atom is -0.330 e. The van der Waals surface area contributed by atoms with Crippen LogP contribution in [0.25, 0.3) is 0 Å². The second kappa shape index (κ2) is 5.28. The number of nitrogens with one attached hydrogen (secondary N) is 1. The van der Waals surface area contributed by atoms with Crippen LogP contribution < -0.4 is 5.56 Å². The van der Waals surface area contributed by atoms with Gasteiger partial charge in [0, 0.05) is 25.0 Å². The maximum absolute atomic E-state index is 12.5. The molecule has 20 heavy (non-hydrogen) atoms. The molecule has 3 heterocycles. The van der Waals surface area contributed by atoms with Gasteiger partial charge in [-0.05, 0) is 30.5 Å². The zero-order valence-corrected chi connectivity index (χ0v) is 11.0. The van der Waals surface area contributed by atoms with E-state index in [2.05, 4.69) is 9.97 Å². The highest BCUT2D eigenvalue weighted by molar-refractivity contribution is 5.92. The van der Waals surface area contributed by atoms with Crippen LogP contribution in [0, 0.1) is 0 Å². The number of aromatic amines is 1. The van der Waals surface area contributed by atoms with Crippen molar-refractivity contribution in [2.45, 2.75) is 18.9 Å². The van der Waals surface area contributed by atoms with Gasteiger partial charge < -0.3 is 9.88 Å². The summed E-state index contributed by atoms with van der Waals surface area (Å²) in [6.45, 7) is 0.704. The van der Waals surface area contributed by atoms with Gasteiger partial charge in [0.05, 0.1) is 6.04 Å². The van der Waals surface area contributed by atoms with Gasteiger partial charge in [-0.3, -0.25) is 14.6 Å². The lowest BCUT2D eigenvalue weighted by atomic mass is 10.1. The molecule has 2 aromatic heterocycles. The minimum atomic E-state index is -0.257. The number of carbonyl (C=O) groups is 1. The van der Waals surface area contributed by atoms with Crippen molar-refractivity contribution < 1.29 is 4.79 Å². The number of nitrogens with zero attached hydrogens (tertiary/aromatic N) is 2. The van der Waals surface area contributed by atoms with Crippen molar-refractivity contribution in [3.05, 3.63) is 64.3 Å². The molecule has 1 fully saturated rings. The Balaban J connectivity index is 1.89. The predicted molar refractivity (Wildman–Crippen MR) is 74.3 cm³/mol. The van der Waals surface area contributed by atoms with Crippen molar-refractivity contribution in [3.63, 3.8) is 0 Å². The van der Waals surface area contributed by atoms with E-state index in [1.807, 2.05) is 17.0 Å². The molecule has 1 N–H and O–H groups in total. The molecular weight excluding hydrogens is 254 g/mol. The molecule has 5 nitrogen and oxygen atoms in total. The topological polar surface area (TPSA) is 66.1 Å². The summed E-state index contributed by atoms with van der Waals surface area (Å²) in [5.41, 5.74) is 1.12. The molecular formula is C15H15N3O2. The van der Waals surface area contributed by atoms with E-state index in [0.717, 1.165) is 18.4 Å². The Labute approximate surface area is 116 Å². The number of pyridine rings is 2. The Kier molecular flexibility index (Phi) is 3.33. The number of hydrogen-bond donors (Lipinski definition) is 1. The van der Waals surface area contributed by atoms with E-state index >= 15 is 0 Å². The Morgan fingerprint density at radius 1 is 1.30 bits per heavy atom. The molecule has 0 spiro atoms. The van der Waals surface area contributed by atoms with E-state index in [1.165, 1.54) is 6.07 Å². The van der Waals surface area contributed by atoms with Gasteiger partial charge in [0.2, 0.25) is 5.56 Å². The van der Waals surface area contributed by atoms with Gasteiger partial charge in [-0.1, -0.05) is 12.1 Å². The average molecular weight is 269 g/mol. The van der Waals surface area contributed by atoms with Gasteiger partial charge >= 0.3 is 0 Å². The molecule has 1 unspecified atom stereocenters. The molecule has 1 saturated heterocycles. The van der Waals surface area contributed by atoms with Crippen molar-refractivity contribution in [2.75, 3.05) is 6.54 Å². The van der Waals surface area contributed by atoms with Crippen molar-refractivity contribution in [2.24, 2.45) is 0 Å². The number of H-pyrrole nitrogens is 1. The molecule has 3 rings (SSSR count). The molecule has 0 bridgehead atoms. The third kappa shape index (κ3) is 2.34. The van der Waals surface area contributed by atoms with Gasteiger partial charge in [0.15, 0.2) is 0 Å². The van der Waals surface area contributed by atoms with E-state index in [9.17, 15) is 9.59 Å². The number of aromatic nitrogens is 2. The van der Waals surface area contributed by atoms with E-state index in [1.54, 1.807) is 24.5 Å². The van der Waals surface area contributed by atoms with Gasteiger partial charge in [0.25, 0.3) is 5.91 Å². The Hall–Kier alpha value is -2.43. The quantitative estimate of drug-likeness (QED) is 0.903. The van der Waals surface area contributed by atoms with Gasteiger partial charge in [-0.25, -0.2) is 0 Å². The molecule has 1 amide bonds. The first-order valence-corrected chi connectivity index (χ1v) is 6.66. The Bertz CT molecular complexity index is 666. The van der Waals surface area contributed by atoms with E-state index in [-0.39, 0.29) is 17.5 Å². The first kappa shape index (κ1) is 12.6. The van der Waals surface area contributed by atoms with Crippen molar-refractivity contribution in [1.29, 1.82) is 0 Å². The fraction of sp³-hybridized carbons (Fsp3) is 0.267. The molecule has 2 aromatic rings. The molecule has 0 saturated carbocycles. The zero-order valence-electron chi connectivity index (χ0n) is 11.0. The number of rotatable bonds is 2. The summed E-state index contributed by atoms with van der Waals surface area (Å²) >= 11 is 0. The van der Waals surface area contributed by atoms with Crippen LogP contribution >= 0.6 is 0 Å². The Morgan fingerprint density at radius 2 is 2.20 bits per heavy atom. The maximum atomic E-state index is 12.5. The van der Waals surface area contributed by atoms with Crippen molar-refractivity contribution in [3.8, 4) is 0 Å². The van der Waals surface area contributed by atoms with Crippen LogP contribution in [0.3, 0.4) is 0 Å². The fourth-order valence-corrected chi connectivity index (χ4v) is 2.66. The van der Waals surface area contributed by atoms with Crippen LogP contribution in [0.2, 0.25) is 0 Å². The molecule has 0 aromatic carbocycles. The van der Waals surface area contributed by atoms with Crippen molar-refractivity contribution >= 4 is 5.91 Å². The normalized spacial score (nSPS) is 18.2. The summed E-state index contributed by atoms with van der Waals surface area (Å²) in [7, 11) is 0. The molecule has 1 aliphatic heterocycles. The highest BCUT2D eigenvalue weighted by atomic mass is 16.2. The third-order valence-corrected chi connectivity index (χ3v) is 3.58. The van der Waals surface area contributed by atoms with Crippen LogP contribution in [0.1, 0.15) is 34.9 Å². The Morgan fingerprint density at radius 3 is 2.95 bits per heavy atom. The first-order chi connectivity index (χ1) is 9.75. The third-order valence-electron chi connectivity index (χ3n) is 3.58. The molecule has 5 heteroatoms. The lowest BCUT2D eigenvalue weighted by Crippen LogP contribution is -2.32. The summed E-state index contributed by atoms with van der Waals surface area (Å²) in [5.74, 6) is -0.131. The average Bonchev–Trinajstić information content (AvgIpc) is 2.97. The molecule has 0 aliphatic carbocycles. The summed E-state index contributed by atoms with van der Waals surface area (Å²) in [6, 6.07) is 8.54. The highest BCUT2D eigenvalue weighted by Gasteiger charge is 2.30. The number of carbonyl (C=O) groups excluding carboxylic acids is 1. The molecule has 1 atom stereocenters. The standard InChI is InChI=1S/C15H15N3O2/c19-14-7-1-5-12(17-14)15(20)18-9-3-6-13(18)11-4-2-8-16-10-11/h1-2,4-5,7-8,10,13H,3,6,9H2,(H,17,19). The predicted octanol–water partition coefficient (Wildman–Crippen LogP) is 1.75. The maximum Gasteiger partial charge on any atom is 0.270 e. The first-order valence-electron chi connectivity index (χ1n) is 6.66. The van der Waals surface area contributed by atoms with E-state index in [0.29, 0.717) is 12.2 Å². The summed E-state index contributed by atoms with van der Waals surface area (Å²) < 4.78 is 0. The number of amides is 1. The van der Waals surface area contributed by atoms with Crippen LogP contribution in [0.5, 0.6) is 0 Å². The van der Waals surface area contributed by atoms with Crippen LogP contribution in [0.15, 0.2) is 47.5 Å². The van der Waals surface area contributed by atoms with Crippen LogP contribution in [-0.4, -0.2) is 27.3 Å². The van der Waals surface area contributed by atoms with Crippen LogP contribution in [-0.2, 0) is 0 Å². The monoisotopic (exact) mass is 269 g/mol. The second-order valence-corrected chi connectivity index (χ2v) is 4.87. The summed E-state index contributed by atoms with van der Waals surface area (Å²) in [4.78, 5) is 32.4.